The van der Waals surface area contributed by atoms with Crippen LogP contribution in [0.3, 0.4) is 0 Å². The molecule has 102 valence electrons. The van der Waals surface area contributed by atoms with E-state index in [2.05, 4.69) is 4.98 Å². The van der Waals surface area contributed by atoms with E-state index in [0.29, 0.717) is 22.8 Å². The van der Waals surface area contributed by atoms with Crippen molar-refractivity contribution in [3.63, 3.8) is 0 Å². The van der Waals surface area contributed by atoms with E-state index < -0.39 is 5.76 Å². The molecule has 2 heterocycles. The van der Waals surface area contributed by atoms with Crippen molar-refractivity contribution in [2.75, 3.05) is 11.9 Å². The Morgan fingerprint density at radius 2 is 2.20 bits per heavy atom. The largest absolute Gasteiger partial charge is 0.421 e. The molecule has 0 atom stereocenters. The fourth-order valence-electron chi connectivity index (χ4n) is 2.03. The monoisotopic (exact) mass is 289 g/mol. The molecule has 0 N–H and O–H groups in total. The molecule has 0 spiro atoms. The summed E-state index contributed by atoms with van der Waals surface area (Å²) in [6.45, 7) is 0.336. The van der Waals surface area contributed by atoms with Crippen LogP contribution in [0.1, 0.15) is 0 Å². The highest BCUT2D eigenvalue weighted by molar-refractivity contribution is 6.31. The van der Waals surface area contributed by atoms with Crippen LogP contribution >= 0.6 is 11.6 Å². The average molecular weight is 290 g/mol. The molecule has 0 saturated carbocycles. The quantitative estimate of drug-likeness (QED) is 0.744. The van der Waals surface area contributed by atoms with E-state index in [-0.39, 0.29) is 0 Å². The van der Waals surface area contributed by atoms with Gasteiger partial charge in [-0.05, 0) is 30.3 Å². The lowest BCUT2D eigenvalue weighted by atomic mass is 10.3. The SMILES string of the molecule is CN(Cn1c(=O)oc2ccc(Cl)cc21)c1ccccn1. The van der Waals surface area contributed by atoms with Crippen molar-refractivity contribution in [2.24, 2.45) is 0 Å². The number of pyridine rings is 1. The number of fused-ring (bicyclic) bond motifs is 1. The summed E-state index contributed by atoms with van der Waals surface area (Å²) in [4.78, 5) is 18.0. The van der Waals surface area contributed by atoms with Gasteiger partial charge in [0.05, 0.1) is 5.52 Å². The summed E-state index contributed by atoms with van der Waals surface area (Å²) in [5.41, 5.74) is 1.19. The minimum absolute atomic E-state index is 0.336. The van der Waals surface area contributed by atoms with Gasteiger partial charge < -0.3 is 9.32 Å². The van der Waals surface area contributed by atoms with Crippen molar-refractivity contribution < 1.29 is 4.42 Å². The van der Waals surface area contributed by atoms with Crippen LogP contribution < -0.4 is 10.7 Å². The first-order valence-electron chi connectivity index (χ1n) is 6.06. The maximum atomic E-state index is 11.9. The lowest BCUT2D eigenvalue weighted by Gasteiger charge is -2.17. The number of oxazole rings is 1. The van der Waals surface area contributed by atoms with Crippen molar-refractivity contribution in [1.82, 2.24) is 9.55 Å². The number of rotatable bonds is 3. The Hall–Kier alpha value is -2.27. The van der Waals surface area contributed by atoms with Crippen molar-refractivity contribution >= 4 is 28.5 Å². The molecule has 0 bridgehead atoms. The zero-order valence-corrected chi connectivity index (χ0v) is 11.5. The molecule has 0 aliphatic rings. The second-order valence-electron chi connectivity index (χ2n) is 4.44. The first-order chi connectivity index (χ1) is 9.65. The number of hydrogen-bond donors (Lipinski definition) is 0. The van der Waals surface area contributed by atoms with Gasteiger partial charge in [-0.15, -0.1) is 0 Å². The van der Waals surface area contributed by atoms with Crippen LogP contribution in [0, 0.1) is 0 Å². The van der Waals surface area contributed by atoms with Crippen LogP contribution in [0.25, 0.3) is 11.1 Å². The standard InChI is InChI=1S/C14H12ClN3O2/c1-17(13-4-2-3-7-16-13)9-18-11-8-10(15)5-6-12(11)20-14(18)19/h2-8H,9H2,1H3. The summed E-state index contributed by atoms with van der Waals surface area (Å²) in [6.07, 6.45) is 1.71. The molecule has 3 aromatic rings. The molecular weight excluding hydrogens is 278 g/mol. The lowest BCUT2D eigenvalue weighted by molar-refractivity contribution is 0.503. The van der Waals surface area contributed by atoms with E-state index >= 15 is 0 Å². The second-order valence-corrected chi connectivity index (χ2v) is 4.87. The topological polar surface area (TPSA) is 51.3 Å². The number of hydrogen-bond acceptors (Lipinski definition) is 4. The molecule has 5 nitrogen and oxygen atoms in total. The normalized spacial score (nSPS) is 10.9. The minimum Gasteiger partial charge on any atom is -0.408 e. The van der Waals surface area contributed by atoms with Gasteiger partial charge in [0.1, 0.15) is 12.5 Å². The van der Waals surface area contributed by atoms with Crippen molar-refractivity contribution in [2.45, 2.75) is 6.67 Å². The summed E-state index contributed by atoms with van der Waals surface area (Å²) in [5, 5.41) is 0.563. The Bertz CT molecular complexity index is 795. The van der Waals surface area contributed by atoms with Crippen molar-refractivity contribution in [1.29, 1.82) is 0 Å². The molecular formula is C14H12ClN3O2. The Morgan fingerprint density at radius 3 is 2.95 bits per heavy atom. The van der Waals surface area contributed by atoms with Crippen LogP contribution in [0.4, 0.5) is 5.82 Å². The molecule has 3 rings (SSSR count). The fraction of sp³-hybridized carbons (Fsp3) is 0.143. The number of halogens is 1. The first kappa shape index (κ1) is 12.7. The smallest absolute Gasteiger partial charge is 0.408 e. The van der Waals surface area contributed by atoms with E-state index in [9.17, 15) is 4.79 Å². The van der Waals surface area contributed by atoms with Gasteiger partial charge in [-0.2, -0.15) is 0 Å². The maximum Gasteiger partial charge on any atom is 0.421 e. The van der Waals surface area contributed by atoms with Gasteiger partial charge in [0.2, 0.25) is 0 Å². The van der Waals surface area contributed by atoms with Gasteiger partial charge in [0.25, 0.3) is 0 Å². The molecule has 0 saturated heterocycles. The van der Waals surface area contributed by atoms with Gasteiger partial charge in [-0.1, -0.05) is 17.7 Å². The third kappa shape index (κ3) is 2.28. The van der Waals surface area contributed by atoms with Crippen LogP contribution in [-0.4, -0.2) is 16.6 Å². The molecule has 0 aliphatic heterocycles. The van der Waals surface area contributed by atoms with Gasteiger partial charge >= 0.3 is 5.76 Å². The zero-order valence-electron chi connectivity index (χ0n) is 10.8. The summed E-state index contributed by atoms with van der Waals surface area (Å²) < 4.78 is 6.72. The highest BCUT2D eigenvalue weighted by atomic mass is 35.5. The predicted molar refractivity (Wildman–Crippen MR) is 78.1 cm³/mol. The van der Waals surface area contributed by atoms with Crippen LogP contribution in [-0.2, 0) is 6.67 Å². The van der Waals surface area contributed by atoms with E-state index in [4.69, 9.17) is 16.0 Å². The van der Waals surface area contributed by atoms with Gasteiger partial charge in [0, 0.05) is 18.3 Å². The Balaban J connectivity index is 2.00. The number of anilines is 1. The highest BCUT2D eigenvalue weighted by Gasteiger charge is 2.12. The molecule has 20 heavy (non-hydrogen) atoms. The van der Waals surface area contributed by atoms with E-state index in [1.165, 1.54) is 4.57 Å². The summed E-state index contributed by atoms with van der Waals surface area (Å²) >= 11 is 5.97. The van der Waals surface area contributed by atoms with Crippen molar-refractivity contribution in [3.8, 4) is 0 Å². The van der Waals surface area contributed by atoms with Crippen molar-refractivity contribution in [3.05, 3.63) is 58.2 Å². The predicted octanol–water partition coefficient (Wildman–Crippen LogP) is 2.74. The number of aromatic nitrogens is 2. The molecule has 0 amide bonds. The number of benzene rings is 1. The molecule has 0 fully saturated rings. The summed E-state index contributed by atoms with van der Waals surface area (Å²) in [7, 11) is 1.86. The Labute approximate surface area is 120 Å². The van der Waals surface area contributed by atoms with E-state index in [1.807, 2.05) is 30.1 Å². The summed E-state index contributed by atoms with van der Waals surface area (Å²) in [6, 6.07) is 10.7. The van der Waals surface area contributed by atoms with Crippen LogP contribution in [0.2, 0.25) is 5.02 Å². The maximum absolute atomic E-state index is 11.9. The molecule has 2 aromatic heterocycles. The third-order valence-electron chi connectivity index (χ3n) is 3.02. The number of nitrogens with zero attached hydrogens (tertiary/aromatic N) is 3. The molecule has 0 radical (unpaired) electrons. The van der Waals surface area contributed by atoms with Crippen LogP contribution in [0.5, 0.6) is 0 Å². The molecule has 0 unspecified atom stereocenters. The lowest BCUT2D eigenvalue weighted by Crippen LogP contribution is -2.27. The summed E-state index contributed by atoms with van der Waals surface area (Å²) in [5.74, 6) is 0.362. The molecule has 6 heteroatoms. The van der Waals surface area contributed by atoms with Gasteiger partial charge in [-0.25, -0.2) is 9.78 Å². The van der Waals surface area contributed by atoms with Crippen LogP contribution in [0.15, 0.2) is 51.8 Å². The minimum atomic E-state index is -0.412. The third-order valence-corrected chi connectivity index (χ3v) is 3.26. The molecule has 0 aliphatic carbocycles. The molecule has 1 aromatic carbocycles. The van der Waals surface area contributed by atoms with Gasteiger partial charge in [0.15, 0.2) is 5.58 Å². The average Bonchev–Trinajstić information content (AvgIpc) is 2.76. The van der Waals surface area contributed by atoms with E-state index in [0.717, 1.165) is 5.82 Å². The first-order valence-corrected chi connectivity index (χ1v) is 6.44. The Kier molecular flexibility index (Phi) is 3.20. The van der Waals surface area contributed by atoms with E-state index in [1.54, 1.807) is 24.4 Å². The highest BCUT2D eigenvalue weighted by Crippen LogP contribution is 2.19. The van der Waals surface area contributed by atoms with Gasteiger partial charge in [-0.3, -0.25) is 4.57 Å². The zero-order chi connectivity index (χ0) is 14.1. The Morgan fingerprint density at radius 1 is 1.35 bits per heavy atom. The second kappa shape index (κ2) is 5.02. The fourth-order valence-corrected chi connectivity index (χ4v) is 2.20.